The van der Waals surface area contributed by atoms with Gasteiger partial charge in [0.1, 0.15) is 5.41 Å². The molecule has 0 saturated carbocycles. The van der Waals surface area contributed by atoms with E-state index in [0.29, 0.717) is 0 Å². The van der Waals surface area contributed by atoms with E-state index in [1.165, 1.54) is 0 Å². The first-order valence-electron chi connectivity index (χ1n) is 3.56. The molecule has 0 aliphatic rings. The van der Waals surface area contributed by atoms with Gasteiger partial charge in [0.15, 0.2) is 0 Å². The van der Waals surface area contributed by atoms with E-state index in [1.54, 1.807) is 0 Å². The molecule has 0 heterocycles. The van der Waals surface area contributed by atoms with Crippen molar-refractivity contribution in [1.82, 2.24) is 0 Å². The van der Waals surface area contributed by atoms with Crippen LogP contribution in [0.4, 0.5) is 26.3 Å². The molecule has 12 heteroatoms. The lowest BCUT2D eigenvalue weighted by Crippen LogP contribution is -2.27. The fraction of sp³-hybridized carbons (Fsp3) is 0.333. The van der Waals surface area contributed by atoms with Crippen LogP contribution in [0.2, 0.25) is 0 Å². The number of rotatable bonds is 3. The van der Waals surface area contributed by atoms with Gasteiger partial charge < -0.3 is 0 Å². The normalized spacial score (nSPS) is 15.6. The van der Waals surface area contributed by atoms with Crippen molar-refractivity contribution < 1.29 is 43.2 Å². The summed E-state index contributed by atoms with van der Waals surface area (Å²) >= 11 is 0. The second-order valence-corrected chi connectivity index (χ2v) is 6.15. The lowest BCUT2D eigenvalue weighted by molar-refractivity contribution is -0.0438. The standard InChI is InChI=1S/C6H3F6O4S2/c1-2-4(18(15,16)6(10,11)12)3-17(13,14)5(7,8)9/h2H,1H2. The molecular formula is C6H3F6O4S2. The lowest BCUT2D eigenvalue weighted by Gasteiger charge is -2.09. The third-order valence-electron chi connectivity index (χ3n) is 1.32. The van der Waals surface area contributed by atoms with Crippen LogP contribution in [0.1, 0.15) is 0 Å². The monoisotopic (exact) mass is 317 g/mol. The van der Waals surface area contributed by atoms with Gasteiger partial charge in [-0.05, 0) is 6.08 Å². The van der Waals surface area contributed by atoms with Crippen LogP contribution in [0.25, 0.3) is 0 Å². The van der Waals surface area contributed by atoms with E-state index in [1.807, 2.05) is 0 Å². The van der Waals surface area contributed by atoms with Gasteiger partial charge in [0.2, 0.25) is 0 Å². The van der Waals surface area contributed by atoms with E-state index in [-0.39, 0.29) is 11.5 Å². The van der Waals surface area contributed by atoms with E-state index < -0.39 is 35.6 Å². The summed E-state index contributed by atoms with van der Waals surface area (Å²) < 4.78 is 114. The Morgan fingerprint density at radius 2 is 1.33 bits per heavy atom. The predicted octanol–water partition coefficient (Wildman–Crippen LogP) is 1.69. The third-order valence-corrected chi connectivity index (χ3v) is 4.00. The number of allylic oxidation sites excluding steroid dienone is 1. The minimum absolute atomic E-state index is 0.202. The van der Waals surface area contributed by atoms with Gasteiger partial charge >= 0.3 is 11.0 Å². The molecule has 0 fully saturated rings. The van der Waals surface area contributed by atoms with Crippen molar-refractivity contribution in [2.24, 2.45) is 0 Å². The van der Waals surface area contributed by atoms with E-state index >= 15 is 0 Å². The van der Waals surface area contributed by atoms with Gasteiger partial charge in [0.05, 0.1) is 4.91 Å². The maximum Gasteiger partial charge on any atom is 0.502 e. The molecule has 0 unspecified atom stereocenters. The van der Waals surface area contributed by atoms with Crippen molar-refractivity contribution in [3.8, 4) is 0 Å². The van der Waals surface area contributed by atoms with Gasteiger partial charge in [-0.3, -0.25) is 0 Å². The van der Waals surface area contributed by atoms with Crippen LogP contribution in [0.3, 0.4) is 0 Å². The topological polar surface area (TPSA) is 68.3 Å². The zero-order valence-corrected chi connectivity index (χ0v) is 9.63. The highest BCUT2D eigenvalue weighted by Crippen LogP contribution is 2.32. The first-order chi connectivity index (χ1) is 7.67. The molecule has 0 aromatic carbocycles. The average Bonchev–Trinajstić information content (AvgIpc) is 2.10. The van der Waals surface area contributed by atoms with Crippen LogP contribution >= 0.6 is 0 Å². The zero-order chi connectivity index (χ0) is 15.0. The van der Waals surface area contributed by atoms with Crippen LogP contribution in [-0.4, -0.2) is 27.9 Å². The number of hydrogen-bond acceptors (Lipinski definition) is 4. The molecular weight excluding hydrogens is 314 g/mol. The quantitative estimate of drug-likeness (QED) is 0.587. The molecule has 18 heavy (non-hydrogen) atoms. The number of sulfone groups is 2. The first-order valence-corrected chi connectivity index (χ1v) is 6.53. The predicted molar refractivity (Wildman–Crippen MR) is 46.9 cm³/mol. The van der Waals surface area contributed by atoms with Crippen LogP contribution in [0, 0.1) is 5.41 Å². The molecule has 0 aliphatic carbocycles. The summed E-state index contributed by atoms with van der Waals surface area (Å²) in [6.07, 6.45) is -0.202. The van der Waals surface area contributed by atoms with Crippen LogP contribution in [0.5, 0.6) is 0 Å². The maximum absolute atomic E-state index is 12.0. The molecule has 105 valence electrons. The van der Waals surface area contributed by atoms with Crippen LogP contribution in [0.15, 0.2) is 17.6 Å². The Labute approximate surface area is 97.4 Å². The van der Waals surface area contributed by atoms with Crippen LogP contribution in [-0.2, 0) is 19.7 Å². The minimum atomic E-state index is -6.29. The van der Waals surface area contributed by atoms with Gasteiger partial charge in [-0.1, -0.05) is 6.58 Å². The fourth-order valence-electron chi connectivity index (χ4n) is 0.521. The van der Waals surface area contributed by atoms with Crippen molar-refractivity contribution in [3.63, 3.8) is 0 Å². The summed E-state index contributed by atoms with van der Waals surface area (Å²) in [6, 6.07) is 0. The second-order valence-electron chi connectivity index (χ2n) is 2.57. The lowest BCUT2D eigenvalue weighted by atomic mass is 10.6. The Morgan fingerprint density at radius 1 is 0.944 bits per heavy atom. The zero-order valence-electron chi connectivity index (χ0n) is 8.00. The smallest absolute Gasteiger partial charge is 0.214 e. The molecule has 0 amide bonds. The summed E-state index contributed by atoms with van der Waals surface area (Å²) in [4.78, 5) is -2.23. The van der Waals surface area contributed by atoms with Crippen LogP contribution < -0.4 is 0 Å². The Bertz CT molecular complexity index is 562. The van der Waals surface area contributed by atoms with Gasteiger partial charge in [-0.2, -0.15) is 26.3 Å². The molecule has 0 aromatic heterocycles. The number of halogens is 6. The second kappa shape index (κ2) is 4.57. The fourth-order valence-corrected chi connectivity index (χ4v) is 2.22. The molecule has 0 bridgehead atoms. The molecule has 0 atom stereocenters. The Hall–Kier alpha value is -1.04. The molecule has 0 rings (SSSR count). The highest BCUT2D eigenvalue weighted by atomic mass is 32.2. The third kappa shape index (κ3) is 3.25. The summed E-state index contributed by atoms with van der Waals surface area (Å²) in [5.41, 5.74) is -11.9. The number of alkyl halides is 6. The van der Waals surface area contributed by atoms with E-state index in [0.717, 1.165) is 0 Å². The first kappa shape index (κ1) is 17.0. The van der Waals surface area contributed by atoms with Crippen molar-refractivity contribution >= 4 is 19.7 Å². The van der Waals surface area contributed by atoms with Crippen molar-refractivity contribution in [2.45, 2.75) is 11.0 Å². The molecule has 0 saturated heterocycles. The summed E-state index contributed by atoms with van der Waals surface area (Å²) in [7, 11) is -12.6. The van der Waals surface area contributed by atoms with Gasteiger partial charge in [-0.25, -0.2) is 16.8 Å². The van der Waals surface area contributed by atoms with Gasteiger partial charge in [0.25, 0.3) is 19.7 Å². The molecule has 0 N–H and O–H groups in total. The molecule has 0 aliphatic heterocycles. The molecule has 4 nitrogen and oxygen atoms in total. The highest BCUT2D eigenvalue weighted by molar-refractivity contribution is 7.98. The molecule has 1 radical (unpaired) electrons. The Kier molecular flexibility index (Phi) is 4.31. The Balaban J connectivity index is 6.05. The molecule has 0 spiro atoms. The van der Waals surface area contributed by atoms with Gasteiger partial charge in [0, 0.05) is 0 Å². The SMILES string of the molecule is C=C/C(=[C]\S(=O)(=O)C(F)(F)F)S(=O)(=O)C(F)(F)F. The van der Waals surface area contributed by atoms with Crippen molar-refractivity contribution in [3.05, 3.63) is 23.0 Å². The van der Waals surface area contributed by atoms with E-state index in [4.69, 9.17) is 0 Å². The summed E-state index contributed by atoms with van der Waals surface area (Å²) in [5.74, 6) is 0. The summed E-state index contributed by atoms with van der Waals surface area (Å²) in [6.45, 7) is 2.50. The average molecular weight is 317 g/mol. The van der Waals surface area contributed by atoms with Crippen molar-refractivity contribution in [2.75, 3.05) is 0 Å². The van der Waals surface area contributed by atoms with Crippen molar-refractivity contribution in [1.29, 1.82) is 0 Å². The highest BCUT2D eigenvalue weighted by Gasteiger charge is 2.51. The summed E-state index contributed by atoms with van der Waals surface area (Å²) in [5, 5.41) is 0.268. The molecule has 0 aromatic rings. The maximum atomic E-state index is 12.0. The van der Waals surface area contributed by atoms with E-state index in [2.05, 4.69) is 6.58 Å². The number of hydrogen-bond donors (Lipinski definition) is 0. The van der Waals surface area contributed by atoms with E-state index in [9.17, 15) is 43.2 Å². The van der Waals surface area contributed by atoms with Gasteiger partial charge in [-0.15, -0.1) is 0 Å². The Morgan fingerprint density at radius 3 is 1.56 bits per heavy atom. The largest absolute Gasteiger partial charge is 0.502 e. The minimum Gasteiger partial charge on any atom is -0.214 e.